The van der Waals surface area contributed by atoms with E-state index in [2.05, 4.69) is 29.4 Å². The average molecular weight is 352 g/mol. The molecule has 1 aliphatic heterocycles. The number of carbonyl (C=O) groups excluding carboxylic acids is 1. The molecular formula is C21H28N4O. The third kappa shape index (κ3) is 4.76. The molecule has 1 saturated heterocycles. The van der Waals surface area contributed by atoms with Crippen molar-refractivity contribution in [3.05, 3.63) is 54.1 Å². The molecule has 2 aromatic carbocycles. The Balaban J connectivity index is 1.55. The zero-order valence-electron chi connectivity index (χ0n) is 15.5. The molecule has 0 radical (unpaired) electrons. The van der Waals surface area contributed by atoms with Gasteiger partial charge in [-0.3, -0.25) is 4.79 Å². The van der Waals surface area contributed by atoms with Gasteiger partial charge in [0.1, 0.15) is 0 Å². The molecule has 3 rings (SSSR count). The maximum atomic E-state index is 12.4. The van der Waals surface area contributed by atoms with Crippen LogP contribution < -0.4 is 16.4 Å². The van der Waals surface area contributed by atoms with Gasteiger partial charge in [0.05, 0.1) is 11.4 Å². The number of hydrogen-bond donors (Lipinski definition) is 3. The number of nitrogens with zero attached hydrogens (tertiary/aromatic N) is 1. The first-order valence-corrected chi connectivity index (χ1v) is 9.26. The van der Waals surface area contributed by atoms with Gasteiger partial charge in [0.2, 0.25) is 0 Å². The molecule has 0 aliphatic carbocycles. The summed E-state index contributed by atoms with van der Waals surface area (Å²) in [4.78, 5) is 14.9. The van der Waals surface area contributed by atoms with Crippen LogP contribution in [0.4, 0.5) is 17.1 Å². The van der Waals surface area contributed by atoms with Crippen molar-refractivity contribution in [2.75, 3.05) is 36.0 Å². The van der Waals surface area contributed by atoms with Gasteiger partial charge in [0.15, 0.2) is 0 Å². The largest absolute Gasteiger partial charge is 0.397 e. The van der Waals surface area contributed by atoms with Crippen LogP contribution in [0.25, 0.3) is 0 Å². The summed E-state index contributed by atoms with van der Waals surface area (Å²) < 4.78 is 0. The Morgan fingerprint density at radius 2 is 1.92 bits per heavy atom. The van der Waals surface area contributed by atoms with Gasteiger partial charge in [-0.2, -0.15) is 0 Å². The first-order valence-electron chi connectivity index (χ1n) is 9.26. The van der Waals surface area contributed by atoms with Crippen molar-refractivity contribution < 1.29 is 4.79 Å². The molecule has 0 unspecified atom stereocenters. The van der Waals surface area contributed by atoms with Gasteiger partial charge in [0.25, 0.3) is 5.91 Å². The summed E-state index contributed by atoms with van der Waals surface area (Å²) in [5, 5.41) is 6.43. The average Bonchev–Trinajstić information content (AvgIpc) is 3.03. The Labute approximate surface area is 155 Å². The summed E-state index contributed by atoms with van der Waals surface area (Å²) in [6, 6.07) is 15.4. The highest BCUT2D eigenvalue weighted by atomic mass is 16.1. The molecule has 0 aromatic heterocycles. The van der Waals surface area contributed by atoms with Gasteiger partial charge in [0, 0.05) is 36.9 Å². The fourth-order valence-electron chi connectivity index (χ4n) is 3.39. The zero-order valence-corrected chi connectivity index (χ0v) is 15.5. The molecule has 0 spiro atoms. The number of amides is 1. The number of benzene rings is 2. The van der Waals surface area contributed by atoms with Gasteiger partial charge in [-0.05, 0) is 48.7 Å². The minimum atomic E-state index is -0.154. The fraction of sp³-hybridized carbons (Fsp3) is 0.381. The Hall–Kier alpha value is -2.53. The summed E-state index contributed by atoms with van der Waals surface area (Å²) in [6.45, 7) is 7.89. The number of nitrogens with one attached hydrogen (secondary N) is 2. The van der Waals surface area contributed by atoms with Crippen molar-refractivity contribution in [2.24, 2.45) is 5.92 Å². The highest BCUT2D eigenvalue weighted by Gasteiger charge is 2.22. The lowest BCUT2D eigenvalue weighted by Crippen LogP contribution is -2.29. The number of para-hydroxylation sites is 2. The molecule has 1 aliphatic rings. The van der Waals surface area contributed by atoms with E-state index in [4.69, 9.17) is 5.73 Å². The molecular weight excluding hydrogens is 324 g/mol. The standard InChI is InChI=1S/C21H28N4O/c1-15(2)13-25-12-11-18(14-25)23-17-9-7-16(8-10-17)21(26)24-20-6-4-3-5-19(20)22/h3-10,15,18,23H,11-14,22H2,1-2H3,(H,24,26)/t18-/m1/s1. The van der Waals surface area contributed by atoms with E-state index in [0.717, 1.165) is 31.7 Å². The van der Waals surface area contributed by atoms with E-state index in [9.17, 15) is 4.79 Å². The van der Waals surface area contributed by atoms with Crippen LogP contribution in [0.2, 0.25) is 0 Å². The van der Waals surface area contributed by atoms with Crippen molar-refractivity contribution in [1.29, 1.82) is 0 Å². The van der Waals surface area contributed by atoms with E-state index in [1.165, 1.54) is 0 Å². The number of carbonyl (C=O) groups is 1. The molecule has 5 heteroatoms. The number of anilines is 3. The molecule has 26 heavy (non-hydrogen) atoms. The van der Waals surface area contributed by atoms with Crippen molar-refractivity contribution in [1.82, 2.24) is 4.90 Å². The van der Waals surface area contributed by atoms with Crippen molar-refractivity contribution in [3.8, 4) is 0 Å². The van der Waals surface area contributed by atoms with Crippen LogP contribution in [0.15, 0.2) is 48.5 Å². The fourth-order valence-corrected chi connectivity index (χ4v) is 3.39. The second kappa shape index (κ2) is 8.23. The molecule has 2 aromatic rings. The van der Waals surface area contributed by atoms with Crippen LogP contribution in [0.1, 0.15) is 30.6 Å². The van der Waals surface area contributed by atoms with Crippen molar-refractivity contribution in [3.63, 3.8) is 0 Å². The third-order valence-electron chi connectivity index (χ3n) is 4.62. The first kappa shape index (κ1) is 18.3. The van der Waals surface area contributed by atoms with Gasteiger partial charge >= 0.3 is 0 Å². The molecule has 0 saturated carbocycles. The Kier molecular flexibility index (Phi) is 5.78. The number of rotatable bonds is 6. The summed E-state index contributed by atoms with van der Waals surface area (Å²) in [5.74, 6) is 0.545. The van der Waals surface area contributed by atoms with Gasteiger partial charge in [-0.1, -0.05) is 26.0 Å². The SMILES string of the molecule is CC(C)CN1CC[C@@H](Nc2ccc(C(=O)Nc3ccccc3N)cc2)C1. The maximum Gasteiger partial charge on any atom is 0.255 e. The maximum absolute atomic E-state index is 12.4. The molecule has 1 heterocycles. The smallest absolute Gasteiger partial charge is 0.255 e. The number of likely N-dealkylation sites (tertiary alicyclic amines) is 1. The molecule has 1 amide bonds. The summed E-state index contributed by atoms with van der Waals surface area (Å²) in [7, 11) is 0. The predicted molar refractivity (Wildman–Crippen MR) is 109 cm³/mol. The summed E-state index contributed by atoms with van der Waals surface area (Å²) >= 11 is 0. The highest BCUT2D eigenvalue weighted by Crippen LogP contribution is 2.20. The van der Waals surface area contributed by atoms with Gasteiger partial charge in [-0.25, -0.2) is 0 Å². The molecule has 0 bridgehead atoms. The Morgan fingerprint density at radius 3 is 2.62 bits per heavy atom. The minimum Gasteiger partial charge on any atom is -0.397 e. The molecule has 5 nitrogen and oxygen atoms in total. The molecule has 1 atom stereocenters. The van der Waals surface area contributed by atoms with E-state index < -0.39 is 0 Å². The monoisotopic (exact) mass is 352 g/mol. The van der Waals surface area contributed by atoms with E-state index in [0.29, 0.717) is 28.9 Å². The zero-order chi connectivity index (χ0) is 18.5. The van der Waals surface area contributed by atoms with Crippen LogP contribution in [0.3, 0.4) is 0 Å². The predicted octanol–water partition coefficient (Wildman–Crippen LogP) is 3.66. The van der Waals surface area contributed by atoms with Crippen molar-refractivity contribution >= 4 is 23.0 Å². The summed E-state index contributed by atoms with van der Waals surface area (Å²) in [6.07, 6.45) is 1.16. The van der Waals surface area contributed by atoms with Crippen LogP contribution in [0, 0.1) is 5.92 Å². The summed E-state index contributed by atoms with van der Waals surface area (Å²) in [5.41, 5.74) is 8.74. The lowest BCUT2D eigenvalue weighted by molar-refractivity contribution is 0.102. The number of hydrogen-bond acceptors (Lipinski definition) is 4. The quantitative estimate of drug-likeness (QED) is 0.694. The van der Waals surface area contributed by atoms with E-state index in [1.54, 1.807) is 12.1 Å². The lowest BCUT2D eigenvalue weighted by Gasteiger charge is -2.19. The van der Waals surface area contributed by atoms with Gasteiger partial charge < -0.3 is 21.3 Å². The highest BCUT2D eigenvalue weighted by molar-refractivity contribution is 6.05. The van der Waals surface area contributed by atoms with Crippen LogP contribution >= 0.6 is 0 Å². The van der Waals surface area contributed by atoms with Crippen LogP contribution in [-0.4, -0.2) is 36.5 Å². The number of nitrogen functional groups attached to an aromatic ring is 1. The van der Waals surface area contributed by atoms with Crippen LogP contribution in [0.5, 0.6) is 0 Å². The van der Waals surface area contributed by atoms with Gasteiger partial charge in [-0.15, -0.1) is 0 Å². The normalized spacial score (nSPS) is 17.4. The number of nitrogens with two attached hydrogens (primary N) is 1. The Bertz CT molecular complexity index is 742. The topological polar surface area (TPSA) is 70.4 Å². The minimum absolute atomic E-state index is 0.154. The molecule has 4 N–H and O–H groups in total. The van der Waals surface area contributed by atoms with Crippen LogP contribution in [-0.2, 0) is 0 Å². The first-order chi connectivity index (χ1) is 12.5. The van der Waals surface area contributed by atoms with Crippen molar-refractivity contribution in [2.45, 2.75) is 26.3 Å². The second-order valence-electron chi connectivity index (χ2n) is 7.40. The third-order valence-corrected chi connectivity index (χ3v) is 4.62. The van der Waals surface area contributed by atoms with E-state index in [1.807, 2.05) is 36.4 Å². The second-order valence-corrected chi connectivity index (χ2v) is 7.40. The van der Waals surface area contributed by atoms with E-state index in [-0.39, 0.29) is 5.91 Å². The molecule has 138 valence electrons. The lowest BCUT2D eigenvalue weighted by atomic mass is 10.1. The van der Waals surface area contributed by atoms with E-state index >= 15 is 0 Å². The molecule has 1 fully saturated rings. The Morgan fingerprint density at radius 1 is 1.19 bits per heavy atom.